The lowest BCUT2D eigenvalue weighted by atomic mass is 9.57. The summed E-state index contributed by atoms with van der Waals surface area (Å²) in [6, 6.07) is 6.26. The van der Waals surface area contributed by atoms with E-state index in [1.54, 1.807) is 7.11 Å². The van der Waals surface area contributed by atoms with Crippen LogP contribution < -0.4 is 4.74 Å². The molecule has 1 unspecified atom stereocenters. The molecule has 3 rings (SSSR count). The van der Waals surface area contributed by atoms with Crippen molar-refractivity contribution in [1.82, 2.24) is 0 Å². The van der Waals surface area contributed by atoms with Gasteiger partial charge >= 0.3 is 0 Å². The van der Waals surface area contributed by atoms with Gasteiger partial charge < -0.3 is 9.84 Å². The van der Waals surface area contributed by atoms with Gasteiger partial charge in [0, 0.05) is 5.41 Å². The van der Waals surface area contributed by atoms with Gasteiger partial charge in [-0.25, -0.2) is 0 Å². The Morgan fingerprint density at radius 2 is 2.19 bits per heavy atom. The van der Waals surface area contributed by atoms with Crippen LogP contribution in [0.25, 0.3) is 0 Å². The highest BCUT2D eigenvalue weighted by Crippen LogP contribution is 2.52. The molecular formula is C14H18O2. The zero-order chi connectivity index (χ0) is 11.2. The minimum Gasteiger partial charge on any atom is -0.496 e. The number of aliphatic hydroxyl groups is 1. The highest BCUT2D eigenvalue weighted by molar-refractivity contribution is 5.48. The summed E-state index contributed by atoms with van der Waals surface area (Å²) in [6.07, 6.45) is 5.19. The van der Waals surface area contributed by atoms with E-state index in [1.165, 1.54) is 17.5 Å². The fraction of sp³-hybridized carbons (Fsp3) is 0.571. The van der Waals surface area contributed by atoms with E-state index < -0.39 is 0 Å². The van der Waals surface area contributed by atoms with Gasteiger partial charge in [-0.1, -0.05) is 18.6 Å². The number of fused-ring (bicyclic) bond motifs is 2. The van der Waals surface area contributed by atoms with E-state index in [0.29, 0.717) is 0 Å². The van der Waals surface area contributed by atoms with Crippen molar-refractivity contribution in [2.45, 2.75) is 43.6 Å². The first kappa shape index (κ1) is 10.2. The van der Waals surface area contributed by atoms with Crippen LogP contribution >= 0.6 is 0 Å². The van der Waals surface area contributed by atoms with E-state index in [9.17, 15) is 5.11 Å². The topological polar surface area (TPSA) is 29.5 Å². The summed E-state index contributed by atoms with van der Waals surface area (Å²) < 4.78 is 5.43. The van der Waals surface area contributed by atoms with Gasteiger partial charge in [-0.3, -0.25) is 0 Å². The number of methoxy groups -OCH3 is 1. The molecule has 16 heavy (non-hydrogen) atoms. The molecule has 1 aromatic carbocycles. The zero-order valence-corrected chi connectivity index (χ0v) is 9.70. The molecule has 1 saturated carbocycles. The maximum Gasteiger partial charge on any atom is 0.122 e. The summed E-state index contributed by atoms with van der Waals surface area (Å²) in [4.78, 5) is 0. The molecule has 2 aliphatic carbocycles. The van der Waals surface area contributed by atoms with Crippen LogP contribution in [0, 0.1) is 0 Å². The Balaban J connectivity index is 2.13. The zero-order valence-electron chi connectivity index (χ0n) is 9.70. The van der Waals surface area contributed by atoms with E-state index in [1.807, 2.05) is 6.07 Å². The summed E-state index contributed by atoms with van der Waals surface area (Å²) in [5, 5.41) is 10.2. The third-order valence-electron chi connectivity index (χ3n) is 4.44. The molecule has 0 radical (unpaired) electrons. The van der Waals surface area contributed by atoms with Gasteiger partial charge in [0.25, 0.3) is 0 Å². The maximum atomic E-state index is 10.2. The van der Waals surface area contributed by atoms with Crippen molar-refractivity contribution < 1.29 is 9.84 Å². The number of aliphatic hydroxyl groups excluding tert-OH is 1. The molecule has 0 aliphatic heterocycles. The third kappa shape index (κ3) is 1.17. The molecular weight excluding hydrogens is 200 g/mol. The predicted octanol–water partition coefficient (Wildman–Crippen LogP) is 2.42. The molecule has 0 aromatic heterocycles. The lowest BCUT2D eigenvalue weighted by Crippen LogP contribution is -2.48. The number of hydrogen-bond acceptors (Lipinski definition) is 2. The second kappa shape index (κ2) is 3.49. The smallest absolute Gasteiger partial charge is 0.122 e. The van der Waals surface area contributed by atoms with Crippen LogP contribution in [0.15, 0.2) is 18.2 Å². The molecule has 1 atom stereocenters. The maximum absolute atomic E-state index is 10.2. The first-order valence-corrected chi connectivity index (χ1v) is 6.12. The van der Waals surface area contributed by atoms with Gasteiger partial charge in [0.1, 0.15) is 5.75 Å². The van der Waals surface area contributed by atoms with E-state index in [0.717, 1.165) is 31.4 Å². The van der Waals surface area contributed by atoms with E-state index >= 15 is 0 Å². The Bertz CT molecular complexity index is 407. The van der Waals surface area contributed by atoms with Gasteiger partial charge in [-0.05, 0) is 42.9 Å². The standard InChI is InChI=1S/C14H18O2/c1-16-12-5-2-4-11-10(12)6-7-13(15)14(11)8-3-9-14/h2,4-5,13,15H,3,6-9H2,1H3. The minimum atomic E-state index is -0.152. The molecule has 1 N–H and O–H groups in total. The molecule has 1 spiro atoms. The van der Waals surface area contributed by atoms with Crippen LogP contribution in [-0.2, 0) is 11.8 Å². The fourth-order valence-corrected chi connectivity index (χ4v) is 3.38. The molecule has 0 heterocycles. The molecule has 86 valence electrons. The Hall–Kier alpha value is -1.02. The normalized spacial score (nSPS) is 26.0. The highest BCUT2D eigenvalue weighted by Gasteiger charge is 2.48. The molecule has 2 aliphatic rings. The average molecular weight is 218 g/mol. The number of ether oxygens (including phenoxy) is 1. The van der Waals surface area contributed by atoms with Gasteiger partial charge in [0.15, 0.2) is 0 Å². The third-order valence-corrected chi connectivity index (χ3v) is 4.44. The Kier molecular flexibility index (Phi) is 2.21. The van der Waals surface area contributed by atoms with Crippen LogP contribution in [-0.4, -0.2) is 18.3 Å². The van der Waals surface area contributed by atoms with E-state index in [4.69, 9.17) is 4.74 Å². The van der Waals surface area contributed by atoms with Gasteiger partial charge in [0.2, 0.25) is 0 Å². The van der Waals surface area contributed by atoms with Gasteiger partial charge in [-0.15, -0.1) is 0 Å². The molecule has 0 amide bonds. The summed E-state index contributed by atoms with van der Waals surface area (Å²) in [5.74, 6) is 0.996. The molecule has 2 nitrogen and oxygen atoms in total. The van der Waals surface area contributed by atoms with Gasteiger partial charge in [0.05, 0.1) is 13.2 Å². The highest BCUT2D eigenvalue weighted by atomic mass is 16.5. The second-order valence-electron chi connectivity index (χ2n) is 5.05. The molecule has 1 fully saturated rings. The summed E-state index contributed by atoms with van der Waals surface area (Å²) in [7, 11) is 1.73. The number of hydrogen-bond donors (Lipinski definition) is 1. The van der Waals surface area contributed by atoms with Crippen molar-refractivity contribution in [3.63, 3.8) is 0 Å². The van der Waals surface area contributed by atoms with Crippen molar-refractivity contribution in [2.75, 3.05) is 7.11 Å². The molecule has 1 aromatic rings. The summed E-state index contributed by atoms with van der Waals surface area (Å²) in [6.45, 7) is 0. The Morgan fingerprint density at radius 3 is 2.81 bits per heavy atom. The predicted molar refractivity (Wildman–Crippen MR) is 62.9 cm³/mol. The second-order valence-corrected chi connectivity index (χ2v) is 5.05. The van der Waals surface area contributed by atoms with Crippen molar-refractivity contribution in [3.8, 4) is 5.75 Å². The van der Waals surface area contributed by atoms with E-state index in [-0.39, 0.29) is 11.5 Å². The Labute approximate surface area is 96.2 Å². The molecule has 2 heteroatoms. The number of benzene rings is 1. The van der Waals surface area contributed by atoms with E-state index in [2.05, 4.69) is 12.1 Å². The monoisotopic (exact) mass is 218 g/mol. The van der Waals surface area contributed by atoms with Gasteiger partial charge in [-0.2, -0.15) is 0 Å². The summed E-state index contributed by atoms with van der Waals surface area (Å²) >= 11 is 0. The minimum absolute atomic E-state index is 0.0577. The van der Waals surface area contributed by atoms with Crippen LogP contribution in [0.4, 0.5) is 0 Å². The lowest BCUT2D eigenvalue weighted by molar-refractivity contribution is 0.0140. The van der Waals surface area contributed by atoms with Crippen molar-refractivity contribution in [3.05, 3.63) is 29.3 Å². The lowest BCUT2D eigenvalue weighted by Gasteiger charge is -2.49. The molecule has 0 bridgehead atoms. The largest absolute Gasteiger partial charge is 0.496 e. The first-order chi connectivity index (χ1) is 7.78. The summed E-state index contributed by atoms with van der Waals surface area (Å²) in [5.41, 5.74) is 2.73. The quantitative estimate of drug-likeness (QED) is 0.784. The van der Waals surface area contributed by atoms with Crippen LogP contribution in [0.2, 0.25) is 0 Å². The van der Waals surface area contributed by atoms with Crippen LogP contribution in [0.5, 0.6) is 5.75 Å². The average Bonchev–Trinajstić information content (AvgIpc) is 2.25. The van der Waals surface area contributed by atoms with Crippen LogP contribution in [0.1, 0.15) is 36.8 Å². The SMILES string of the molecule is COc1cccc2c1CCC(O)C21CCC1. The fourth-order valence-electron chi connectivity index (χ4n) is 3.38. The number of rotatable bonds is 1. The first-order valence-electron chi connectivity index (χ1n) is 6.12. The van der Waals surface area contributed by atoms with Crippen molar-refractivity contribution >= 4 is 0 Å². The van der Waals surface area contributed by atoms with Crippen molar-refractivity contribution in [2.24, 2.45) is 0 Å². The van der Waals surface area contributed by atoms with Crippen LogP contribution in [0.3, 0.4) is 0 Å². The molecule has 0 saturated heterocycles. The van der Waals surface area contributed by atoms with Crippen molar-refractivity contribution in [1.29, 1.82) is 0 Å². The Morgan fingerprint density at radius 1 is 1.38 bits per heavy atom.